The molecule has 2 heteroatoms. The highest BCUT2D eigenvalue weighted by atomic mass is 29.3. The van der Waals surface area contributed by atoms with Crippen LogP contribution in [0.4, 0.5) is 0 Å². The predicted octanol–water partition coefficient (Wildman–Crippen LogP) is 5.51. The van der Waals surface area contributed by atoms with Gasteiger partial charge in [0.1, 0.15) is 0 Å². The quantitative estimate of drug-likeness (QED) is 0.417. The molecule has 0 saturated carbocycles. The first-order chi connectivity index (χ1) is 12.4. The lowest BCUT2D eigenvalue weighted by Crippen LogP contribution is -2.69. The molecule has 0 aromatic carbocycles. The van der Waals surface area contributed by atoms with Gasteiger partial charge in [0.15, 0.2) is 0 Å². The molecule has 4 rings (SSSR count). The van der Waals surface area contributed by atoms with E-state index < -0.39 is 15.2 Å². The van der Waals surface area contributed by atoms with Gasteiger partial charge in [0.05, 0.1) is 15.2 Å². The van der Waals surface area contributed by atoms with Crippen LogP contribution < -0.4 is 10.4 Å². The van der Waals surface area contributed by atoms with Crippen molar-refractivity contribution in [1.82, 2.24) is 0 Å². The lowest BCUT2D eigenvalue weighted by molar-refractivity contribution is 1.75. The molecule has 0 aliphatic heterocycles. The van der Waals surface area contributed by atoms with Gasteiger partial charge in [-0.05, 0) is 22.3 Å². The SMILES string of the molecule is C[Si](C)(c1ccc2cccccc1-2)[Si](C)(C)c1ccc2cccccc1-2. The third-order valence-corrected chi connectivity index (χ3v) is 24.2. The van der Waals surface area contributed by atoms with Crippen LogP contribution in [0.1, 0.15) is 0 Å². The summed E-state index contributed by atoms with van der Waals surface area (Å²) in [6, 6.07) is 31.5. The zero-order valence-electron chi connectivity index (χ0n) is 16.1. The molecule has 0 heterocycles. The molecule has 26 heavy (non-hydrogen) atoms. The Labute approximate surface area is 159 Å². The highest BCUT2D eigenvalue weighted by Crippen LogP contribution is 2.31. The van der Waals surface area contributed by atoms with Gasteiger partial charge in [0, 0.05) is 0 Å². The van der Waals surface area contributed by atoms with Crippen molar-refractivity contribution in [2.24, 2.45) is 0 Å². The maximum absolute atomic E-state index is 2.59. The lowest BCUT2D eigenvalue weighted by Gasteiger charge is -2.39. The molecule has 0 spiro atoms. The highest BCUT2D eigenvalue weighted by Gasteiger charge is 2.46. The Morgan fingerprint density at radius 3 is 1.23 bits per heavy atom. The van der Waals surface area contributed by atoms with E-state index in [1.807, 2.05) is 0 Å². The second-order valence-electron chi connectivity index (χ2n) is 8.30. The largest absolute Gasteiger partial charge is 0.0799 e. The van der Waals surface area contributed by atoms with Gasteiger partial charge in [0.2, 0.25) is 0 Å². The minimum atomic E-state index is -1.67. The molecule has 0 aromatic heterocycles. The van der Waals surface area contributed by atoms with E-state index in [2.05, 4.69) is 111 Å². The van der Waals surface area contributed by atoms with Gasteiger partial charge in [-0.25, -0.2) is 0 Å². The molecule has 0 amide bonds. The number of hydrogen-bond acceptors (Lipinski definition) is 0. The van der Waals surface area contributed by atoms with Crippen LogP contribution in [0.5, 0.6) is 0 Å². The fourth-order valence-electron chi connectivity index (χ4n) is 4.19. The van der Waals surface area contributed by atoms with Gasteiger partial charge in [-0.15, -0.1) is 0 Å². The van der Waals surface area contributed by atoms with E-state index in [1.165, 1.54) is 22.3 Å². The van der Waals surface area contributed by atoms with Gasteiger partial charge >= 0.3 is 0 Å². The van der Waals surface area contributed by atoms with Crippen molar-refractivity contribution in [2.45, 2.75) is 26.2 Å². The molecule has 130 valence electrons. The van der Waals surface area contributed by atoms with Gasteiger partial charge in [0.25, 0.3) is 0 Å². The number of fused-ring (bicyclic) bond motifs is 2. The summed E-state index contributed by atoms with van der Waals surface area (Å²) in [5, 5.41) is 3.24. The molecule has 0 nitrogen and oxygen atoms in total. The van der Waals surface area contributed by atoms with E-state index in [1.54, 1.807) is 10.4 Å². The van der Waals surface area contributed by atoms with E-state index in [0.29, 0.717) is 0 Å². The van der Waals surface area contributed by atoms with E-state index in [9.17, 15) is 0 Å². The van der Waals surface area contributed by atoms with Crippen molar-refractivity contribution in [3.63, 3.8) is 0 Å². The van der Waals surface area contributed by atoms with Gasteiger partial charge in [-0.2, -0.15) is 0 Å². The number of rotatable bonds is 3. The monoisotopic (exact) mass is 370 g/mol. The Morgan fingerprint density at radius 1 is 0.423 bits per heavy atom. The molecule has 0 atom stereocenters. The zero-order chi connectivity index (χ0) is 18.4. The summed E-state index contributed by atoms with van der Waals surface area (Å²) in [5.74, 6) is 0. The van der Waals surface area contributed by atoms with E-state index in [-0.39, 0.29) is 0 Å². The second-order valence-corrected chi connectivity index (χ2v) is 23.4. The predicted molar refractivity (Wildman–Crippen MR) is 120 cm³/mol. The second kappa shape index (κ2) is 6.22. The highest BCUT2D eigenvalue weighted by molar-refractivity contribution is 7.50. The average Bonchev–Trinajstić information content (AvgIpc) is 3.03. The summed E-state index contributed by atoms with van der Waals surface area (Å²) >= 11 is 0. The molecule has 0 saturated heterocycles. The van der Waals surface area contributed by atoms with Crippen LogP contribution in [0.15, 0.2) is 84.9 Å². The minimum absolute atomic E-state index is 1.37. The van der Waals surface area contributed by atoms with Crippen LogP contribution in [-0.2, 0) is 0 Å². The average molecular weight is 371 g/mol. The number of hydrogen-bond donors (Lipinski definition) is 0. The summed E-state index contributed by atoms with van der Waals surface area (Å²) in [4.78, 5) is 0. The molecule has 0 bridgehead atoms. The standard InChI is InChI=1S/C24H26Si2/c1-25(2,23-17-15-19-11-7-5-9-13-21(19)23)26(3,4)24-18-16-20-12-8-6-10-14-22(20)24/h5-18H,1-4H3. The van der Waals surface area contributed by atoms with Crippen molar-refractivity contribution in [2.75, 3.05) is 0 Å². The van der Waals surface area contributed by atoms with Crippen molar-refractivity contribution in [1.29, 1.82) is 0 Å². The van der Waals surface area contributed by atoms with Gasteiger partial charge in [-0.3, -0.25) is 0 Å². The molecule has 0 fully saturated rings. The third-order valence-electron chi connectivity index (χ3n) is 6.49. The summed E-state index contributed by atoms with van der Waals surface area (Å²) < 4.78 is 0. The lowest BCUT2D eigenvalue weighted by atomic mass is 10.2. The molecular formula is C24H26Si2. The molecule has 0 N–H and O–H groups in total. The van der Waals surface area contributed by atoms with Crippen molar-refractivity contribution in [3.8, 4) is 22.3 Å². The van der Waals surface area contributed by atoms with Crippen molar-refractivity contribution in [3.05, 3.63) is 84.9 Å². The molecule has 4 aliphatic rings. The van der Waals surface area contributed by atoms with Crippen LogP contribution >= 0.6 is 0 Å². The Morgan fingerprint density at radius 2 is 0.808 bits per heavy atom. The minimum Gasteiger partial charge on any atom is -0.0671 e. The van der Waals surface area contributed by atoms with Crippen LogP contribution in [0.25, 0.3) is 22.3 Å². The Hall–Kier alpha value is -2.17. The topological polar surface area (TPSA) is 0 Å². The Kier molecular flexibility index (Phi) is 4.13. The zero-order valence-corrected chi connectivity index (χ0v) is 18.1. The summed E-state index contributed by atoms with van der Waals surface area (Å²) in [7, 11) is -3.33. The summed E-state index contributed by atoms with van der Waals surface area (Å²) in [6.07, 6.45) is 0. The Balaban J connectivity index is 1.87. The van der Waals surface area contributed by atoms with E-state index in [4.69, 9.17) is 0 Å². The van der Waals surface area contributed by atoms with E-state index >= 15 is 0 Å². The first-order valence-electron chi connectivity index (χ1n) is 9.39. The summed E-state index contributed by atoms with van der Waals surface area (Å²) in [6.45, 7) is 10.3. The maximum Gasteiger partial charge on any atom is 0.0799 e. The van der Waals surface area contributed by atoms with Crippen LogP contribution in [0.3, 0.4) is 0 Å². The molecule has 0 aromatic rings. The van der Waals surface area contributed by atoms with Crippen molar-refractivity contribution >= 4 is 25.6 Å². The first-order valence-corrected chi connectivity index (χ1v) is 16.4. The van der Waals surface area contributed by atoms with Crippen LogP contribution in [0, 0.1) is 0 Å². The smallest absolute Gasteiger partial charge is 0.0671 e. The fourth-order valence-corrected chi connectivity index (χ4v) is 13.7. The normalized spacial score (nSPS) is 12.6. The van der Waals surface area contributed by atoms with Gasteiger partial charge in [-0.1, -0.05) is 121 Å². The van der Waals surface area contributed by atoms with Gasteiger partial charge < -0.3 is 0 Å². The molecular weight excluding hydrogens is 344 g/mol. The fraction of sp³-hybridized carbons (Fsp3) is 0.167. The first kappa shape index (κ1) is 17.3. The van der Waals surface area contributed by atoms with Crippen LogP contribution in [0.2, 0.25) is 26.2 Å². The van der Waals surface area contributed by atoms with E-state index in [0.717, 1.165) is 0 Å². The third kappa shape index (κ3) is 2.56. The molecule has 4 aliphatic carbocycles. The molecule has 0 radical (unpaired) electrons. The Bertz CT molecular complexity index is 918. The molecule has 0 unspecified atom stereocenters. The van der Waals surface area contributed by atoms with Crippen LogP contribution in [-0.4, -0.2) is 15.2 Å². The maximum atomic E-state index is 2.59. The summed E-state index contributed by atoms with van der Waals surface area (Å²) in [5.41, 5.74) is 5.64. The van der Waals surface area contributed by atoms with Crippen molar-refractivity contribution < 1.29 is 0 Å².